The van der Waals surface area contributed by atoms with Gasteiger partial charge < -0.3 is 15.4 Å². The third kappa shape index (κ3) is 5.25. The summed E-state index contributed by atoms with van der Waals surface area (Å²) in [7, 11) is 0. The average molecular weight is 320 g/mol. The van der Waals surface area contributed by atoms with Crippen LogP contribution in [0.5, 0.6) is 5.75 Å². The smallest absolute Gasteiger partial charge is 0.387 e. The lowest BCUT2D eigenvalue weighted by molar-refractivity contribution is -0.116. The van der Waals surface area contributed by atoms with Gasteiger partial charge in [-0.05, 0) is 30.7 Å². The van der Waals surface area contributed by atoms with Crippen LogP contribution >= 0.6 is 0 Å². The Labute approximate surface area is 133 Å². The van der Waals surface area contributed by atoms with Crippen LogP contribution in [-0.2, 0) is 4.79 Å². The minimum absolute atomic E-state index is 0.0530. The van der Waals surface area contributed by atoms with Gasteiger partial charge in [-0.25, -0.2) is 0 Å². The number of alkyl halides is 2. The molecule has 0 radical (unpaired) electrons. The zero-order valence-corrected chi connectivity index (χ0v) is 12.7. The number of ether oxygens (including phenoxy) is 1. The van der Waals surface area contributed by atoms with Crippen molar-refractivity contribution in [2.24, 2.45) is 0 Å². The zero-order chi connectivity index (χ0) is 16.7. The second kappa shape index (κ2) is 8.12. The molecule has 2 rings (SSSR count). The number of aryl methyl sites for hydroxylation is 1. The molecule has 0 saturated carbocycles. The van der Waals surface area contributed by atoms with Crippen molar-refractivity contribution < 1.29 is 18.3 Å². The predicted molar refractivity (Wildman–Crippen MR) is 86.0 cm³/mol. The van der Waals surface area contributed by atoms with Gasteiger partial charge in [0.2, 0.25) is 5.91 Å². The van der Waals surface area contributed by atoms with E-state index in [4.69, 9.17) is 0 Å². The fourth-order valence-electron chi connectivity index (χ4n) is 2.06. The first-order chi connectivity index (χ1) is 11.1. The van der Waals surface area contributed by atoms with Gasteiger partial charge in [0.15, 0.2) is 0 Å². The zero-order valence-electron chi connectivity index (χ0n) is 12.7. The molecular formula is C17H18F2N2O2. The quantitative estimate of drug-likeness (QED) is 0.809. The first-order valence-electron chi connectivity index (χ1n) is 7.19. The molecule has 0 bridgehead atoms. The van der Waals surface area contributed by atoms with Crippen LogP contribution in [0.25, 0.3) is 0 Å². The van der Waals surface area contributed by atoms with E-state index in [1.54, 1.807) is 12.1 Å². The van der Waals surface area contributed by atoms with Gasteiger partial charge in [0, 0.05) is 18.7 Å². The number of benzene rings is 2. The lowest BCUT2D eigenvalue weighted by Crippen LogP contribution is -2.17. The lowest BCUT2D eigenvalue weighted by atomic mass is 10.2. The minimum atomic E-state index is -2.93. The van der Waals surface area contributed by atoms with Gasteiger partial charge in [0.05, 0.1) is 5.69 Å². The van der Waals surface area contributed by atoms with Crippen molar-refractivity contribution in [3.05, 3.63) is 54.1 Å². The Morgan fingerprint density at radius 3 is 2.43 bits per heavy atom. The number of rotatable bonds is 7. The normalized spacial score (nSPS) is 10.4. The molecule has 0 heterocycles. The van der Waals surface area contributed by atoms with Gasteiger partial charge in [-0.15, -0.1) is 0 Å². The summed E-state index contributed by atoms with van der Waals surface area (Å²) in [5, 5.41) is 5.74. The fourth-order valence-corrected chi connectivity index (χ4v) is 2.06. The van der Waals surface area contributed by atoms with E-state index in [0.29, 0.717) is 6.54 Å². The summed E-state index contributed by atoms with van der Waals surface area (Å²) in [6.45, 7) is -0.523. The molecule has 0 atom stereocenters. The SMILES string of the molecule is Cc1ccccc1NCCC(=O)Nc1ccccc1OC(F)F. The van der Waals surface area contributed by atoms with Gasteiger partial charge >= 0.3 is 6.61 Å². The maximum atomic E-state index is 12.3. The monoisotopic (exact) mass is 320 g/mol. The maximum Gasteiger partial charge on any atom is 0.387 e. The Hall–Kier alpha value is -2.63. The summed E-state index contributed by atoms with van der Waals surface area (Å²) in [5.41, 5.74) is 2.28. The Morgan fingerprint density at radius 2 is 1.74 bits per heavy atom. The molecular weight excluding hydrogens is 302 g/mol. The average Bonchev–Trinajstić information content (AvgIpc) is 2.51. The third-order valence-corrected chi connectivity index (χ3v) is 3.19. The number of amides is 1. The topological polar surface area (TPSA) is 50.4 Å². The van der Waals surface area contributed by atoms with E-state index in [0.717, 1.165) is 11.3 Å². The van der Waals surface area contributed by atoms with Crippen LogP contribution < -0.4 is 15.4 Å². The lowest BCUT2D eigenvalue weighted by Gasteiger charge is -2.12. The molecule has 0 aliphatic carbocycles. The van der Waals surface area contributed by atoms with Crippen molar-refractivity contribution >= 4 is 17.3 Å². The largest absolute Gasteiger partial charge is 0.433 e. The first-order valence-corrected chi connectivity index (χ1v) is 7.19. The molecule has 0 spiro atoms. The molecule has 4 nitrogen and oxygen atoms in total. The van der Waals surface area contributed by atoms with Crippen LogP contribution in [0.15, 0.2) is 48.5 Å². The Bertz CT molecular complexity index is 663. The van der Waals surface area contributed by atoms with Crippen molar-refractivity contribution in [2.75, 3.05) is 17.2 Å². The molecule has 6 heteroatoms. The Kier molecular flexibility index (Phi) is 5.91. The molecule has 0 unspecified atom stereocenters. The Morgan fingerprint density at radius 1 is 1.09 bits per heavy atom. The molecule has 0 aliphatic heterocycles. The van der Waals surface area contributed by atoms with Gasteiger partial charge in [0.1, 0.15) is 5.75 Å². The number of anilines is 2. The van der Waals surface area contributed by atoms with Crippen LogP contribution in [0.2, 0.25) is 0 Å². The molecule has 122 valence electrons. The number of carbonyl (C=O) groups excluding carboxylic acids is 1. The maximum absolute atomic E-state index is 12.3. The summed E-state index contributed by atoms with van der Waals surface area (Å²) in [5.74, 6) is -0.334. The Balaban J connectivity index is 1.87. The van der Waals surface area contributed by atoms with Crippen molar-refractivity contribution in [3.8, 4) is 5.75 Å². The van der Waals surface area contributed by atoms with E-state index in [-0.39, 0.29) is 23.8 Å². The highest BCUT2D eigenvalue weighted by Crippen LogP contribution is 2.25. The van der Waals surface area contributed by atoms with Crippen LogP contribution in [-0.4, -0.2) is 19.1 Å². The first kappa shape index (κ1) is 16.7. The number of hydrogen-bond acceptors (Lipinski definition) is 3. The van der Waals surface area contributed by atoms with Crippen LogP contribution in [0.3, 0.4) is 0 Å². The van der Waals surface area contributed by atoms with E-state index >= 15 is 0 Å². The van der Waals surface area contributed by atoms with Crippen LogP contribution in [0, 0.1) is 6.92 Å². The molecule has 0 saturated heterocycles. The van der Waals surface area contributed by atoms with Crippen molar-refractivity contribution in [2.45, 2.75) is 20.0 Å². The number of hydrogen-bond donors (Lipinski definition) is 2. The third-order valence-electron chi connectivity index (χ3n) is 3.19. The molecule has 23 heavy (non-hydrogen) atoms. The van der Waals surface area contributed by atoms with Crippen molar-refractivity contribution in [1.29, 1.82) is 0 Å². The summed E-state index contributed by atoms with van der Waals surface area (Å²) in [6.07, 6.45) is 0.206. The second-order valence-electron chi connectivity index (χ2n) is 4.91. The summed E-state index contributed by atoms with van der Waals surface area (Å²) in [4.78, 5) is 11.9. The highest BCUT2D eigenvalue weighted by molar-refractivity contribution is 5.92. The molecule has 1 amide bonds. The van der Waals surface area contributed by atoms with Gasteiger partial charge in [-0.3, -0.25) is 4.79 Å². The number of para-hydroxylation sites is 3. The minimum Gasteiger partial charge on any atom is -0.433 e. The fraction of sp³-hybridized carbons (Fsp3) is 0.235. The molecule has 2 aromatic carbocycles. The number of carbonyl (C=O) groups is 1. The second-order valence-corrected chi connectivity index (χ2v) is 4.91. The van der Waals surface area contributed by atoms with Crippen molar-refractivity contribution in [1.82, 2.24) is 0 Å². The molecule has 2 N–H and O–H groups in total. The van der Waals surface area contributed by atoms with Gasteiger partial charge in [0.25, 0.3) is 0 Å². The van der Waals surface area contributed by atoms with Gasteiger partial charge in [-0.2, -0.15) is 8.78 Å². The van der Waals surface area contributed by atoms with Crippen LogP contribution in [0.1, 0.15) is 12.0 Å². The molecule has 0 aromatic heterocycles. The van der Waals surface area contributed by atoms with Crippen LogP contribution in [0.4, 0.5) is 20.2 Å². The standard InChI is InChI=1S/C17H18F2N2O2/c1-12-6-2-3-7-13(12)20-11-10-16(22)21-14-8-4-5-9-15(14)23-17(18)19/h2-9,17,20H,10-11H2,1H3,(H,21,22). The summed E-state index contributed by atoms with van der Waals surface area (Å²) in [6, 6.07) is 13.9. The van der Waals surface area contributed by atoms with Gasteiger partial charge in [-0.1, -0.05) is 30.3 Å². The molecule has 0 aliphatic rings. The van der Waals surface area contributed by atoms with E-state index in [1.807, 2.05) is 31.2 Å². The van der Waals surface area contributed by atoms with E-state index in [9.17, 15) is 13.6 Å². The van der Waals surface area contributed by atoms with E-state index in [1.165, 1.54) is 12.1 Å². The highest BCUT2D eigenvalue weighted by atomic mass is 19.3. The number of halogens is 2. The summed E-state index contributed by atoms with van der Waals surface area (Å²) >= 11 is 0. The van der Waals surface area contributed by atoms with E-state index < -0.39 is 6.61 Å². The van der Waals surface area contributed by atoms with E-state index in [2.05, 4.69) is 15.4 Å². The summed E-state index contributed by atoms with van der Waals surface area (Å²) < 4.78 is 29.0. The predicted octanol–water partition coefficient (Wildman–Crippen LogP) is 4.04. The molecule has 0 fully saturated rings. The van der Waals surface area contributed by atoms with Crippen molar-refractivity contribution in [3.63, 3.8) is 0 Å². The number of nitrogens with one attached hydrogen (secondary N) is 2. The highest BCUT2D eigenvalue weighted by Gasteiger charge is 2.11. The molecule has 2 aromatic rings.